The molecule has 1 aromatic heterocycles. The van der Waals surface area contributed by atoms with Crippen LogP contribution in [0.5, 0.6) is 0 Å². The summed E-state index contributed by atoms with van der Waals surface area (Å²) in [5.74, 6) is -0.874. The van der Waals surface area contributed by atoms with Gasteiger partial charge in [-0.2, -0.15) is 5.10 Å². The molecule has 2 aromatic carbocycles. The quantitative estimate of drug-likeness (QED) is 0.719. The molecule has 0 bridgehead atoms. The maximum absolute atomic E-state index is 13.8. The third-order valence-electron chi connectivity index (χ3n) is 3.30. The summed E-state index contributed by atoms with van der Waals surface area (Å²) in [6, 6.07) is 11.2. The van der Waals surface area contributed by atoms with Gasteiger partial charge in [-0.25, -0.2) is 8.78 Å². The number of anilines is 2. The zero-order valence-corrected chi connectivity index (χ0v) is 13.2. The van der Waals surface area contributed by atoms with Gasteiger partial charge in [-0.1, -0.05) is 24.3 Å². The second kappa shape index (κ2) is 5.88. The van der Waals surface area contributed by atoms with Crippen LogP contribution in [0.25, 0.3) is 11.1 Å². The highest BCUT2D eigenvalue weighted by atomic mass is 79.9. The average Bonchev–Trinajstić information content (AvgIpc) is 2.83. The molecule has 0 atom stereocenters. The summed E-state index contributed by atoms with van der Waals surface area (Å²) in [6.45, 7) is 0. The molecule has 0 unspecified atom stereocenters. The number of rotatable bonds is 3. The molecule has 22 heavy (non-hydrogen) atoms. The van der Waals surface area contributed by atoms with Crippen LogP contribution in [0.3, 0.4) is 0 Å². The van der Waals surface area contributed by atoms with Gasteiger partial charge in [-0.3, -0.25) is 4.68 Å². The lowest BCUT2D eigenvalue weighted by atomic mass is 10.0. The van der Waals surface area contributed by atoms with E-state index in [-0.39, 0.29) is 5.56 Å². The summed E-state index contributed by atoms with van der Waals surface area (Å²) in [5.41, 5.74) is 1.68. The zero-order valence-electron chi connectivity index (χ0n) is 11.6. The molecule has 0 radical (unpaired) electrons. The van der Waals surface area contributed by atoms with Crippen LogP contribution < -0.4 is 5.32 Å². The number of aryl methyl sites for hydroxylation is 1. The molecule has 0 amide bonds. The summed E-state index contributed by atoms with van der Waals surface area (Å²) >= 11 is 3.41. The third-order valence-corrected chi connectivity index (χ3v) is 3.88. The van der Waals surface area contributed by atoms with Crippen molar-refractivity contribution in [3.8, 4) is 11.1 Å². The van der Waals surface area contributed by atoms with Crippen molar-refractivity contribution in [2.24, 2.45) is 7.05 Å². The van der Waals surface area contributed by atoms with E-state index < -0.39 is 11.6 Å². The Hall–Kier alpha value is -2.21. The van der Waals surface area contributed by atoms with Crippen molar-refractivity contribution in [1.29, 1.82) is 0 Å². The zero-order chi connectivity index (χ0) is 15.7. The van der Waals surface area contributed by atoms with E-state index in [0.717, 1.165) is 22.0 Å². The Bertz CT molecular complexity index is 793. The Morgan fingerprint density at radius 1 is 1.09 bits per heavy atom. The average molecular weight is 364 g/mol. The summed E-state index contributed by atoms with van der Waals surface area (Å²) < 4.78 is 29.6. The second-order valence-electron chi connectivity index (χ2n) is 4.77. The first-order chi connectivity index (χ1) is 10.6. The lowest BCUT2D eigenvalue weighted by molar-refractivity contribution is 0.511. The predicted molar refractivity (Wildman–Crippen MR) is 86.0 cm³/mol. The van der Waals surface area contributed by atoms with E-state index in [9.17, 15) is 8.78 Å². The predicted octanol–water partition coefficient (Wildman–Crippen LogP) is 4.87. The number of halogens is 3. The van der Waals surface area contributed by atoms with E-state index in [4.69, 9.17) is 0 Å². The van der Waals surface area contributed by atoms with Crippen LogP contribution in [0.4, 0.5) is 20.3 Å². The van der Waals surface area contributed by atoms with Crippen molar-refractivity contribution >= 4 is 27.4 Å². The highest BCUT2D eigenvalue weighted by Gasteiger charge is 2.10. The lowest BCUT2D eigenvalue weighted by Gasteiger charge is -2.09. The maximum Gasteiger partial charge on any atom is 0.166 e. The summed E-state index contributed by atoms with van der Waals surface area (Å²) in [6.07, 6.45) is 1.69. The fourth-order valence-corrected chi connectivity index (χ4v) is 2.60. The van der Waals surface area contributed by atoms with Gasteiger partial charge in [0, 0.05) is 18.3 Å². The molecule has 6 heteroatoms. The topological polar surface area (TPSA) is 29.9 Å². The van der Waals surface area contributed by atoms with Crippen LogP contribution in [0, 0.1) is 11.6 Å². The van der Waals surface area contributed by atoms with E-state index in [1.165, 1.54) is 6.07 Å². The molecule has 0 spiro atoms. The summed E-state index contributed by atoms with van der Waals surface area (Å²) in [7, 11) is 1.82. The van der Waals surface area contributed by atoms with E-state index in [1.54, 1.807) is 41.2 Å². The van der Waals surface area contributed by atoms with Crippen molar-refractivity contribution < 1.29 is 8.78 Å². The van der Waals surface area contributed by atoms with Crippen LogP contribution in [-0.4, -0.2) is 9.78 Å². The van der Waals surface area contributed by atoms with Crippen molar-refractivity contribution in [3.63, 3.8) is 0 Å². The first-order valence-corrected chi connectivity index (χ1v) is 7.34. The minimum absolute atomic E-state index is 0.244. The molecule has 0 aliphatic heterocycles. The Morgan fingerprint density at radius 2 is 1.82 bits per heavy atom. The Kier molecular flexibility index (Phi) is 3.94. The van der Waals surface area contributed by atoms with Gasteiger partial charge in [0.1, 0.15) is 5.82 Å². The minimum atomic E-state index is -0.849. The van der Waals surface area contributed by atoms with Gasteiger partial charge in [0.15, 0.2) is 11.6 Å². The Labute approximate surface area is 134 Å². The molecule has 112 valence electrons. The van der Waals surface area contributed by atoms with Gasteiger partial charge < -0.3 is 5.32 Å². The van der Waals surface area contributed by atoms with Crippen LogP contribution in [0.2, 0.25) is 0 Å². The summed E-state index contributed by atoms with van der Waals surface area (Å²) in [4.78, 5) is 0. The van der Waals surface area contributed by atoms with E-state index in [2.05, 4.69) is 26.3 Å². The number of nitrogens with zero attached hydrogens (tertiary/aromatic N) is 2. The first kappa shape index (κ1) is 14.7. The van der Waals surface area contributed by atoms with Gasteiger partial charge in [-0.15, -0.1) is 0 Å². The number of hydrogen-bond acceptors (Lipinski definition) is 2. The van der Waals surface area contributed by atoms with E-state index in [0.29, 0.717) is 5.56 Å². The molecule has 3 aromatic rings. The fourth-order valence-electron chi connectivity index (χ4n) is 2.15. The minimum Gasteiger partial charge on any atom is -0.340 e. The van der Waals surface area contributed by atoms with Crippen molar-refractivity contribution in [3.05, 3.63) is 64.8 Å². The van der Waals surface area contributed by atoms with Gasteiger partial charge in [-0.05, 0) is 39.7 Å². The third kappa shape index (κ3) is 2.74. The Morgan fingerprint density at radius 3 is 2.45 bits per heavy atom. The molecule has 3 rings (SSSR count). The van der Waals surface area contributed by atoms with Gasteiger partial charge in [0.2, 0.25) is 0 Å². The summed E-state index contributed by atoms with van der Waals surface area (Å²) in [5, 5.41) is 7.33. The van der Waals surface area contributed by atoms with Crippen molar-refractivity contribution in [2.75, 3.05) is 5.32 Å². The SMILES string of the molecule is Cn1ncc(Br)c1Nc1ccc(-c2cccc(F)c2F)cc1. The molecule has 0 saturated carbocycles. The molecular weight excluding hydrogens is 352 g/mol. The second-order valence-corrected chi connectivity index (χ2v) is 5.62. The number of hydrogen-bond donors (Lipinski definition) is 1. The normalized spacial score (nSPS) is 10.7. The molecule has 0 aliphatic rings. The maximum atomic E-state index is 13.8. The number of benzene rings is 2. The highest BCUT2D eigenvalue weighted by molar-refractivity contribution is 9.10. The molecule has 0 saturated heterocycles. The van der Waals surface area contributed by atoms with Gasteiger partial charge >= 0.3 is 0 Å². The van der Waals surface area contributed by atoms with Crippen LogP contribution >= 0.6 is 15.9 Å². The van der Waals surface area contributed by atoms with Crippen LogP contribution in [0.15, 0.2) is 53.1 Å². The first-order valence-electron chi connectivity index (χ1n) is 6.55. The Balaban J connectivity index is 1.89. The van der Waals surface area contributed by atoms with Gasteiger partial charge in [0.25, 0.3) is 0 Å². The lowest BCUT2D eigenvalue weighted by Crippen LogP contribution is -1.99. The number of nitrogens with one attached hydrogen (secondary N) is 1. The molecule has 1 heterocycles. The van der Waals surface area contributed by atoms with Gasteiger partial charge in [0.05, 0.1) is 10.7 Å². The van der Waals surface area contributed by atoms with Crippen LogP contribution in [-0.2, 0) is 7.05 Å². The number of aromatic nitrogens is 2. The fraction of sp³-hybridized carbons (Fsp3) is 0.0625. The smallest absolute Gasteiger partial charge is 0.166 e. The van der Waals surface area contributed by atoms with E-state index in [1.807, 2.05) is 7.05 Å². The molecule has 0 aliphatic carbocycles. The molecule has 3 nitrogen and oxygen atoms in total. The van der Waals surface area contributed by atoms with Crippen molar-refractivity contribution in [1.82, 2.24) is 9.78 Å². The molecule has 1 N–H and O–H groups in total. The van der Waals surface area contributed by atoms with Crippen LogP contribution in [0.1, 0.15) is 0 Å². The van der Waals surface area contributed by atoms with Crippen molar-refractivity contribution in [2.45, 2.75) is 0 Å². The monoisotopic (exact) mass is 363 g/mol. The molecule has 0 fully saturated rings. The van der Waals surface area contributed by atoms with E-state index >= 15 is 0 Å². The molecular formula is C16H12BrF2N3. The highest BCUT2D eigenvalue weighted by Crippen LogP contribution is 2.28. The standard InChI is InChI=1S/C16H12BrF2N3/c1-22-16(13(17)9-20-22)21-11-7-5-10(6-8-11)12-3-2-4-14(18)15(12)19/h2-9,21H,1H3. The largest absolute Gasteiger partial charge is 0.340 e.